The molecular weight excluding hydrogens is 296 g/mol. The van der Waals surface area contributed by atoms with Crippen LogP contribution in [0.2, 0.25) is 0 Å². The molecule has 0 aliphatic heterocycles. The molecule has 0 bridgehead atoms. The third-order valence-electron chi connectivity index (χ3n) is 3.14. The van der Waals surface area contributed by atoms with Crippen LogP contribution in [0.5, 0.6) is 0 Å². The molecule has 0 radical (unpaired) electrons. The molecule has 0 fully saturated rings. The molecule has 0 spiro atoms. The number of aryl methyl sites for hydroxylation is 2. The number of hydrogen-bond acceptors (Lipinski definition) is 4. The molecule has 1 aromatic rings. The zero-order valence-corrected chi connectivity index (χ0v) is 14.4. The number of nitrogens with one attached hydrogen (secondary N) is 2. The molecule has 2 amide bonds. The van der Waals surface area contributed by atoms with Crippen LogP contribution < -0.4 is 10.6 Å². The number of carbonyl (C=O) groups is 2. The van der Waals surface area contributed by atoms with Gasteiger partial charge in [0.05, 0.1) is 13.2 Å². The van der Waals surface area contributed by atoms with Crippen LogP contribution in [0.4, 0.5) is 15.3 Å². The zero-order valence-electron chi connectivity index (χ0n) is 14.4. The molecule has 1 rings (SSSR count). The van der Waals surface area contributed by atoms with Crippen molar-refractivity contribution in [2.75, 3.05) is 18.5 Å². The Labute approximate surface area is 137 Å². The van der Waals surface area contributed by atoms with Crippen LogP contribution >= 0.6 is 0 Å². The third kappa shape index (κ3) is 7.54. The number of alkyl carbamates (subject to hydrolysis) is 1. The Balaban J connectivity index is 2.33. The second-order valence-corrected chi connectivity index (χ2v) is 6.01. The lowest BCUT2D eigenvalue weighted by atomic mass is 10.1. The van der Waals surface area contributed by atoms with E-state index in [9.17, 15) is 9.59 Å². The lowest BCUT2D eigenvalue weighted by molar-refractivity contribution is 0.107. The monoisotopic (exact) mass is 322 g/mol. The van der Waals surface area contributed by atoms with E-state index in [0.717, 1.165) is 11.1 Å². The average Bonchev–Trinajstić information content (AvgIpc) is 2.46. The number of ether oxygens (including phenoxy) is 2. The van der Waals surface area contributed by atoms with Gasteiger partial charge in [0.2, 0.25) is 0 Å². The van der Waals surface area contributed by atoms with Crippen LogP contribution in [-0.2, 0) is 9.47 Å². The second kappa shape index (κ2) is 9.02. The summed E-state index contributed by atoms with van der Waals surface area (Å²) in [5.74, 6) is 0.276. The molecule has 128 valence electrons. The first kappa shape index (κ1) is 18.8. The predicted molar refractivity (Wildman–Crippen MR) is 89.7 cm³/mol. The van der Waals surface area contributed by atoms with E-state index in [1.807, 2.05) is 45.9 Å². The van der Waals surface area contributed by atoms with Gasteiger partial charge in [0.25, 0.3) is 0 Å². The number of amides is 2. The van der Waals surface area contributed by atoms with Gasteiger partial charge in [-0.25, -0.2) is 9.59 Å². The Morgan fingerprint density at radius 3 is 2.39 bits per heavy atom. The van der Waals surface area contributed by atoms with Gasteiger partial charge in [-0.05, 0) is 49.9 Å². The number of hydrogen-bond donors (Lipinski definition) is 2. The highest BCUT2D eigenvalue weighted by molar-refractivity contribution is 5.84. The summed E-state index contributed by atoms with van der Waals surface area (Å²) in [6.07, 6.45) is -1.53. The van der Waals surface area contributed by atoms with E-state index in [4.69, 9.17) is 9.47 Å². The van der Waals surface area contributed by atoms with Crippen molar-refractivity contribution in [3.05, 3.63) is 29.3 Å². The fourth-order valence-corrected chi connectivity index (χ4v) is 1.71. The highest BCUT2D eigenvalue weighted by Gasteiger charge is 2.12. The molecular formula is C17H26N2O4. The molecule has 6 heteroatoms. The fourth-order valence-electron chi connectivity index (χ4n) is 1.71. The fraction of sp³-hybridized carbons (Fsp3) is 0.529. The molecule has 0 aliphatic rings. The first-order chi connectivity index (χ1) is 10.8. The number of rotatable bonds is 6. The maximum absolute atomic E-state index is 11.8. The van der Waals surface area contributed by atoms with E-state index in [1.165, 1.54) is 0 Å². The standard InChI is InChI=1S/C17H26N2O4/c1-11(2)10-22-16(20)18-9-14(5)23-17(21)19-15-7-6-12(3)13(4)8-15/h6-8,11,14H,9-10H2,1-5H3,(H,18,20)(H,19,21). The minimum absolute atomic E-state index is 0.192. The highest BCUT2D eigenvalue weighted by Crippen LogP contribution is 2.14. The predicted octanol–water partition coefficient (Wildman–Crippen LogP) is 3.62. The van der Waals surface area contributed by atoms with E-state index < -0.39 is 18.3 Å². The summed E-state index contributed by atoms with van der Waals surface area (Å²) in [6.45, 7) is 10.1. The van der Waals surface area contributed by atoms with Gasteiger partial charge in [-0.2, -0.15) is 0 Å². The maximum Gasteiger partial charge on any atom is 0.411 e. The van der Waals surface area contributed by atoms with Crippen molar-refractivity contribution in [3.63, 3.8) is 0 Å². The summed E-state index contributed by atoms with van der Waals surface area (Å²) < 4.78 is 10.2. The van der Waals surface area contributed by atoms with Crippen molar-refractivity contribution in [1.82, 2.24) is 5.32 Å². The van der Waals surface area contributed by atoms with Crippen molar-refractivity contribution < 1.29 is 19.1 Å². The Kier molecular flexibility index (Phi) is 7.38. The minimum atomic E-state index is -0.557. The van der Waals surface area contributed by atoms with E-state index in [2.05, 4.69) is 10.6 Å². The van der Waals surface area contributed by atoms with E-state index >= 15 is 0 Å². The molecule has 0 heterocycles. The van der Waals surface area contributed by atoms with Gasteiger partial charge >= 0.3 is 12.2 Å². The molecule has 0 aliphatic carbocycles. The van der Waals surface area contributed by atoms with Gasteiger partial charge in [0.15, 0.2) is 0 Å². The van der Waals surface area contributed by atoms with Gasteiger partial charge < -0.3 is 14.8 Å². The quantitative estimate of drug-likeness (QED) is 0.838. The molecule has 23 heavy (non-hydrogen) atoms. The van der Waals surface area contributed by atoms with E-state index in [0.29, 0.717) is 12.3 Å². The lowest BCUT2D eigenvalue weighted by Gasteiger charge is -2.15. The topological polar surface area (TPSA) is 76.7 Å². The Morgan fingerprint density at radius 2 is 1.78 bits per heavy atom. The summed E-state index contributed by atoms with van der Waals surface area (Å²) in [5.41, 5.74) is 2.92. The average molecular weight is 322 g/mol. The van der Waals surface area contributed by atoms with Crippen molar-refractivity contribution in [3.8, 4) is 0 Å². The lowest BCUT2D eigenvalue weighted by Crippen LogP contribution is -2.35. The summed E-state index contributed by atoms with van der Waals surface area (Å²) in [6, 6.07) is 5.62. The van der Waals surface area contributed by atoms with Crippen LogP contribution in [-0.4, -0.2) is 31.4 Å². The van der Waals surface area contributed by atoms with Gasteiger partial charge in [0, 0.05) is 5.69 Å². The minimum Gasteiger partial charge on any atom is -0.449 e. The normalized spacial score (nSPS) is 11.7. The van der Waals surface area contributed by atoms with Crippen LogP contribution in [0.3, 0.4) is 0 Å². The number of anilines is 1. The number of benzene rings is 1. The maximum atomic E-state index is 11.8. The van der Waals surface area contributed by atoms with Gasteiger partial charge in [-0.15, -0.1) is 0 Å². The number of carbonyl (C=O) groups excluding carboxylic acids is 2. The van der Waals surface area contributed by atoms with Crippen molar-refractivity contribution in [2.24, 2.45) is 5.92 Å². The van der Waals surface area contributed by atoms with Crippen LogP contribution in [0, 0.1) is 19.8 Å². The summed E-state index contributed by atoms with van der Waals surface area (Å²) in [4.78, 5) is 23.2. The Hall–Kier alpha value is -2.24. The molecule has 1 unspecified atom stereocenters. The zero-order chi connectivity index (χ0) is 17.4. The van der Waals surface area contributed by atoms with Gasteiger partial charge in [-0.1, -0.05) is 19.9 Å². The van der Waals surface area contributed by atoms with Gasteiger partial charge in [-0.3, -0.25) is 5.32 Å². The molecule has 0 saturated heterocycles. The summed E-state index contributed by atoms with van der Waals surface area (Å²) in [5, 5.41) is 5.22. The SMILES string of the molecule is Cc1ccc(NC(=O)OC(C)CNC(=O)OCC(C)C)cc1C. The van der Waals surface area contributed by atoms with E-state index in [-0.39, 0.29) is 12.5 Å². The smallest absolute Gasteiger partial charge is 0.411 e. The van der Waals surface area contributed by atoms with Crippen LogP contribution in [0.25, 0.3) is 0 Å². The van der Waals surface area contributed by atoms with Gasteiger partial charge in [0.1, 0.15) is 6.10 Å². The van der Waals surface area contributed by atoms with Crippen LogP contribution in [0.1, 0.15) is 31.9 Å². The summed E-state index contributed by atoms with van der Waals surface area (Å²) in [7, 11) is 0. The van der Waals surface area contributed by atoms with Crippen molar-refractivity contribution in [1.29, 1.82) is 0 Å². The van der Waals surface area contributed by atoms with Crippen molar-refractivity contribution >= 4 is 17.9 Å². The first-order valence-electron chi connectivity index (χ1n) is 7.73. The third-order valence-corrected chi connectivity index (χ3v) is 3.14. The Bertz CT molecular complexity index is 543. The van der Waals surface area contributed by atoms with Crippen molar-refractivity contribution in [2.45, 2.75) is 40.7 Å². The largest absolute Gasteiger partial charge is 0.449 e. The Morgan fingerprint density at radius 1 is 1.09 bits per heavy atom. The molecule has 0 saturated carbocycles. The second-order valence-electron chi connectivity index (χ2n) is 6.01. The molecule has 1 atom stereocenters. The van der Waals surface area contributed by atoms with Crippen LogP contribution in [0.15, 0.2) is 18.2 Å². The molecule has 6 nitrogen and oxygen atoms in total. The molecule has 2 N–H and O–H groups in total. The summed E-state index contributed by atoms with van der Waals surface area (Å²) >= 11 is 0. The molecule has 1 aromatic carbocycles. The molecule has 0 aromatic heterocycles. The first-order valence-corrected chi connectivity index (χ1v) is 7.73. The van der Waals surface area contributed by atoms with E-state index in [1.54, 1.807) is 6.92 Å². The highest BCUT2D eigenvalue weighted by atomic mass is 16.6.